The van der Waals surface area contributed by atoms with Crippen molar-refractivity contribution >= 4 is 17.3 Å². The zero-order valence-corrected chi connectivity index (χ0v) is 10.5. The summed E-state index contributed by atoms with van der Waals surface area (Å²) >= 11 is 0. The van der Waals surface area contributed by atoms with Gasteiger partial charge in [0.15, 0.2) is 6.10 Å². The van der Waals surface area contributed by atoms with Gasteiger partial charge >= 0.3 is 0 Å². The van der Waals surface area contributed by atoms with Gasteiger partial charge in [-0.05, 0) is 12.5 Å². The van der Waals surface area contributed by atoms with Crippen LogP contribution in [0.25, 0.3) is 0 Å². The van der Waals surface area contributed by atoms with Crippen LogP contribution in [-0.2, 0) is 4.79 Å². The summed E-state index contributed by atoms with van der Waals surface area (Å²) in [6, 6.07) is 4.23. The van der Waals surface area contributed by atoms with Crippen LogP contribution in [0.3, 0.4) is 0 Å². The zero-order valence-electron chi connectivity index (χ0n) is 10.5. The van der Waals surface area contributed by atoms with Gasteiger partial charge in [0.25, 0.3) is 11.6 Å². The molecule has 0 radical (unpaired) electrons. The van der Waals surface area contributed by atoms with Gasteiger partial charge in [-0.2, -0.15) is 0 Å². The van der Waals surface area contributed by atoms with Crippen molar-refractivity contribution in [1.82, 2.24) is 0 Å². The van der Waals surface area contributed by atoms with Gasteiger partial charge in [0, 0.05) is 25.2 Å². The fraction of sp³-hybridized carbons (Fsp3) is 0.417. The number of nitrogens with zero attached hydrogens (tertiary/aromatic N) is 2. The van der Waals surface area contributed by atoms with Gasteiger partial charge in [-0.3, -0.25) is 14.9 Å². The highest BCUT2D eigenvalue weighted by Crippen LogP contribution is 2.37. The van der Waals surface area contributed by atoms with Gasteiger partial charge in [-0.25, -0.2) is 0 Å². The molecule has 2 N–H and O–H groups in total. The molecular weight excluding hydrogens is 250 g/mol. The number of rotatable bonds is 4. The van der Waals surface area contributed by atoms with Crippen molar-refractivity contribution in [2.45, 2.75) is 19.4 Å². The normalized spacial score (nSPS) is 17.9. The van der Waals surface area contributed by atoms with Crippen molar-refractivity contribution in [3.05, 3.63) is 28.3 Å². The lowest BCUT2D eigenvalue weighted by molar-refractivity contribution is -0.384. The van der Waals surface area contributed by atoms with E-state index < -0.39 is 11.0 Å². The smallest absolute Gasteiger partial charge is 0.271 e. The van der Waals surface area contributed by atoms with Crippen LogP contribution in [0.4, 0.5) is 11.4 Å². The van der Waals surface area contributed by atoms with Crippen molar-refractivity contribution in [3.8, 4) is 5.75 Å². The van der Waals surface area contributed by atoms with Gasteiger partial charge < -0.3 is 15.4 Å². The molecule has 1 aromatic rings. The fourth-order valence-electron chi connectivity index (χ4n) is 2.04. The second kappa shape index (κ2) is 5.23. The highest BCUT2D eigenvalue weighted by atomic mass is 16.6. The summed E-state index contributed by atoms with van der Waals surface area (Å²) in [5.41, 5.74) is 5.83. The van der Waals surface area contributed by atoms with Crippen LogP contribution in [0.1, 0.15) is 13.3 Å². The average Bonchev–Trinajstić information content (AvgIpc) is 2.41. The lowest BCUT2D eigenvalue weighted by Crippen LogP contribution is -2.47. The Hall–Kier alpha value is -2.15. The Morgan fingerprint density at radius 1 is 1.53 bits per heavy atom. The molecule has 1 atom stereocenters. The number of non-ortho nitro benzene ring substituents is 1. The third-order valence-electron chi connectivity index (χ3n) is 2.98. The number of nitrogens with two attached hydrogens (primary N) is 1. The summed E-state index contributed by atoms with van der Waals surface area (Å²) in [6.07, 6.45) is -0.0171. The van der Waals surface area contributed by atoms with Crippen LogP contribution >= 0.6 is 0 Å². The molecule has 1 unspecified atom stereocenters. The topological polar surface area (TPSA) is 98.7 Å². The maximum absolute atomic E-state index is 12.2. The van der Waals surface area contributed by atoms with Crippen LogP contribution in [0.2, 0.25) is 0 Å². The molecule has 102 valence electrons. The maximum atomic E-state index is 12.2. The Morgan fingerprint density at radius 2 is 2.26 bits per heavy atom. The van der Waals surface area contributed by atoms with E-state index in [2.05, 4.69) is 0 Å². The van der Waals surface area contributed by atoms with Crippen molar-refractivity contribution in [3.63, 3.8) is 0 Å². The standard InChI is InChI=1S/C12H15N3O4/c1-2-10-12(16)14(6-5-13)9-7-8(15(17)18)3-4-11(9)19-10/h3-4,7,10H,2,5-6,13H2,1H3. The number of anilines is 1. The van der Waals surface area contributed by atoms with Crippen LogP contribution in [0, 0.1) is 10.1 Å². The number of carbonyl (C=O) groups excluding carboxylic acids is 1. The number of nitro groups is 1. The Morgan fingerprint density at radius 3 is 2.84 bits per heavy atom. The van der Waals surface area contributed by atoms with E-state index in [4.69, 9.17) is 10.5 Å². The van der Waals surface area contributed by atoms with Crippen molar-refractivity contribution in [2.24, 2.45) is 5.73 Å². The molecule has 0 aromatic heterocycles. The van der Waals surface area contributed by atoms with E-state index in [1.54, 1.807) is 0 Å². The third kappa shape index (κ3) is 2.37. The minimum Gasteiger partial charge on any atom is -0.478 e. The van der Waals surface area contributed by atoms with E-state index in [0.29, 0.717) is 24.4 Å². The van der Waals surface area contributed by atoms with Crippen LogP contribution in [0.5, 0.6) is 5.75 Å². The van der Waals surface area contributed by atoms with Gasteiger partial charge in [0.05, 0.1) is 10.6 Å². The second-order valence-electron chi connectivity index (χ2n) is 4.20. The third-order valence-corrected chi connectivity index (χ3v) is 2.98. The molecule has 1 aliphatic heterocycles. The molecule has 0 saturated heterocycles. The number of nitro benzene ring substituents is 1. The summed E-state index contributed by atoms with van der Waals surface area (Å²) < 4.78 is 5.55. The molecule has 19 heavy (non-hydrogen) atoms. The quantitative estimate of drug-likeness (QED) is 0.648. The number of benzene rings is 1. The van der Waals surface area contributed by atoms with E-state index in [9.17, 15) is 14.9 Å². The number of hydrogen-bond donors (Lipinski definition) is 1. The summed E-state index contributed by atoms with van der Waals surface area (Å²) in [7, 11) is 0. The molecule has 2 rings (SSSR count). The molecule has 7 nitrogen and oxygen atoms in total. The molecule has 0 spiro atoms. The SMILES string of the molecule is CCC1Oc2ccc([N+](=O)[O-])cc2N(CCN)C1=O. The fourth-order valence-corrected chi connectivity index (χ4v) is 2.04. The van der Waals surface area contributed by atoms with Crippen molar-refractivity contribution in [2.75, 3.05) is 18.0 Å². The zero-order chi connectivity index (χ0) is 14.0. The molecule has 1 amide bonds. The number of fused-ring (bicyclic) bond motifs is 1. The van der Waals surface area contributed by atoms with E-state index >= 15 is 0 Å². The molecule has 1 heterocycles. The maximum Gasteiger partial charge on any atom is 0.271 e. The molecule has 1 aliphatic rings. The van der Waals surface area contributed by atoms with Gasteiger partial charge in [-0.1, -0.05) is 6.92 Å². The molecular formula is C12H15N3O4. The van der Waals surface area contributed by atoms with E-state index in [-0.39, 0.29) is 18.1 Å². The number of hydrogen-bond acceptors (Lipinski definition) is 5. The molecule has 0 bridgehead atoms. The number of ether oxygens (including phenoxy) is 1. The largest absolute Gasteiger partial charge is 0.478 e. The molecule has 0 aliphatic carbocycles. The predicted molar refractivity (Wildman–Crippen MR) is 69.2 cm³/mol. The lowest BCUT2D eigenvalue weighted by atomic mass is 10.1. The lowest BCUT2D eigenvalue weighted by Gasteiger charge is -2.33. The first-order valence-electron chi connectivity index (χ1n) is 6.05. The molecule has 0 saturated carbocycles. The molecule has 7 heteroatoms. The van der Waals surface area contributed by atoms with E-state index in [1.807, 2.05) is 6.92 Å². The second-order valence-corrected chi connectivity index (χ2v) is 4.20. The summed E-state index contributed by atoms with van der Waals surface area (Å²) in [5.74, 6) is 0.270. The van der Waals surface area contributed by atoms with Crippen LogP contribution in [-0.4, -0.2) is 30.0 Å². The first-order chi connectivity index (χ1) is 9.08. The van der Waals surface area contributed by atoms with E-state index in [0.717, 1.165) is 0 Å². The summed E-state index contributed by atoms with van der Waals surface area (Å²) in [4.78, 5) is 23.9. The predicted octanol–water partition coefficient (Wildman–Crippen LogP) is 1.06. The first kappa shape index (κ1) is 13.3. The Labute approximate surface area is 110 Å². The minimum atomic E-state index is -0.555. The highest BCUT2D eigenvalue weighted by Gasteiger charge is 2.33. The van der Waals surface area contributed by atoms with Crippen molar-refractivity contribution in [1.29, 1.82) is 0 Å². The van der Waals surface area contributed by atoms with Crippen LogP contribution < -0.4 is 15.4 Å². The minimum absolute atomic E-state index is 0.0767. The Bertz CT molecular complexity index is 518. The van der Waals surface area contributed by atoms with Crippen LogP contribution in [0.15, 0.2) is 18.2 Å². The highest BCUT2D eigenvalue weighted by molar-refractivity contribution is 6.00. The van der Waals surface area contributed by atoms with Gasteiger partial charge in [0.2, 0.25) is 0 Å². The summed E-state index contributed by atoms with van der Waals surface area (Å²) in [5, 5.41) is 10.8. The van der Waals surface area contributed by atoms with Crippen molar-refractivity contribution < 1.29 is 14.5 Å². The van der Waals surface area contributed by atoms with E-state index in [1.165, 1.54) is 23.1 Å². The average molecular weight is 265 g/mol. The first-order valence-corrected chi connectivity index (χ1v) is 6.05. The molecule has 1 aromatic carbocycles. The number of amides is 1. The Balaban J connectivity index is 2.47. The molecule has 0 fully saturated rings. The Kier molecular flexibility index (Phi) is 3.66. The monoisotopic (exact) mass is 265 g/mol. The summed E-state index contributed by atoms with van der Waals surface area (Å²) in [6.45, 7) is 2.44. The van der Waals surface area contributed by atoms with Gasteiger partial charge in [0.1, 0.15) is 5.75 Å². The number of carbonyl (C=O) groups is 1. The van der Waals surface area contributed by atoms with Gasteiger partial charge in [-0.15, -0.1) is 0 Å².